The number of thioether (sulfide) groups is 1. The highest BCUT2D eigenvalue weighted by molar-refractivity contribution is 8.00. The first kappa shape index (κ1) is 15.0. The molecule has 1 unspecified atom stereocenters. The van der Waals surface area contributed by atoms with Crippen LogP contribution in [0.1, 0.15) is 20.3 Å². The second kappa shape index (κ2) is 6.75. The van der Waals surface area contributed by atoms with Crippen molar-refractivity contribution < 1.29 is 14.3 Å². The number of hydrogen-bond donors (Lipinski definition) is 2. The molecular weight excluding hydrogens is 253 g/mol. The van der Waals surface area contributed by atoms with Gasteiger partial charge in [0.05, 0.1) is 11.4 Å². The Bertz CT molecular complexity index is 410. The van der Waals surface area contributed by atoms with Crippen molar-refractivity contribution in [3.8, 4) is 0 Å². The summed E-state index contributed by atoms with van der Waals surface area (Å²) in [5, 5.41) is 12.4. The molecular formula is C13H18FNO2S. The number of amides is 1. The number of aliphatic hydroxyl groups is 1. The molecule has 0 radical (unpaired) electrons. The summed E-state index contributed by atoms with van der Waals surface area (Å²) in [6.07, 6.45) is 0.563. The van der Waals surface area contributed by atoms with E-state index in [1.54, 1.807) is 25.1 Å². The van der Waals surface area contributed by atoms with Gasteiger partial charge in [0.25, 0.3) is 0 Å². The van der Waals surface area contributed by atoms with Gasteiger partial charge in [0.1, 0.15) is 5.82 Å². The van der Waals surface area contributed by atoms with E-state index in [2.05, 4.69) is 5.32 Å². The standard InChI is InChI=1S/C13H18FNO2S/c1-3-13(2,17)9-15-12(16)8-18-11-7-5-4-6-10(11)14/h4-7,17H,3,8-9H2,1-2H3,(H,15,16). The molecule has 100 valence electrons. The summed E-state index contributed by atoms with van der Waals surface area (Å²) in [4.78, 5) is 12.0. The van der Waals surface area contributed by atoms with E-state index in [9.17, 15) is 14.3 Å². The van der Waals surface area contributed by atoms with Gasteiger partial charge in [-0.05, 0) is 25.5 Å². The van der Waals surface area contributed by atoms with Crippen molar-refractivity contribution in [3.63, 3.8) is 0 Å². The van der Waals surface area contributed by atoms with Crippen LogP contribution in [-0.2, 0) is 4.79 Å². The molecule has 1 rings (SSSR count). The van der Waals surface area contributed by atoms with E-state index in [-0.39, 0.29) is 24.0 Å². The number of hydrogen-bond acceptors (Lipinski definition) is 3. The summed E-state index contributed by atoms with van der Waals surface area (Å²) in [6, 6.07) is 6.33. The summed E-state index contributed by atoms with van der Waals surface area (Å²) >= 11 is 1.14. The Morgan fingerprint density at radius 1 is 1.50 bits per heavy atom. The van der Waals surface area contributed by atoms with Crippen molar-refractivity contribution in [1.82, 2.24) is 5.32 Å². The molecule has 2 N–H and O–H groups in total. The highest BCUT2D eigenvalue weighted by atomic mass is 32.2. The maximum absolute atomic E-state index is 13.3. The minimum Gasteiger partial charge on any atom is -0.388 e. The molecule has 0 aromatic heterocycles. The van der Waals surface area contributed by atoms with Gasteiger partial charge in [-0.1, -0.05) is 19.1 Å². The Kier molecular flexibility index (Phi) is 5.62. The second-order valence-electron chi connectivity index (χ2n) is 4.35. The van der Waals surface area contributed by atoms with Crippen LogP contribution in [0.5, 0.6) is 0 Å². The minimum atomic E-state index is -0.891. The summed E-state index contributed by atoms with van der Waals surface area (Å²) in [5.41, 5.74) is -0.891. The van der Waals surface area contributed by atoms with Crippen molar-refractivity contribution in [2.75, 3.05) is 12.3 Å². The van der Waals surface area contributed by atoms with Crippen molar-refractivity contribution in [1.29, 1.82) is 0 Å². The van der Waals surface area contributed by atoms with Gasteiger partial charge in [-0.25, -0.2) is 4.39 Å². The van der Waals surface area contributed by atoms with Crippen LogP contribution in [0.25, 0.3) is 0 Å². The summed E-state index contributed by atoms with van der Waals surface area (Å²) in [6.45, 7) is 3.72. The van der Waals surface area contributed by atoms with Crippen LogP contribution in [0.3, 0.4) is 0 Å². The van der Waals surface area contributed by atoms with Crippen molar-refractivity contribution in [2.45, 2.75) is 30.8 Å². The average molecular weight is 271 g/mol. The Morgan fingerprint density at radius 2 is 2.17 bits per heavy atom. The molecule has 0 aliphatic heterocycles. The van der Waals surface area contributed by atoms with Crippen LogP contribution in [0, 0.1) is 5.82 Å². The van der Waals surface area contributed by atoms with E-state index in [0.29, 0.717) is 11.3 Å². The molecule has 0 heterocycles. The molecule has 0 bridgehead atoms. The highest BCUT2D eigenvalue weighted by Crippen LogP contribution is 2.20. The minimum absolute atomic E-state index is 0.140. The molecule has 5 heteroatoms. The third kappa shape index (κ3) is 5.06. The van der Waals surface area contributed by atoms with Crippen molar-refractivity contribution in [2.24, 2.45) is 0 Å². The normalized spacial score (nSPS) is 14.0. The number of nitrogens with one attached hydrogen (secondary N) is 1. The molecule has 1 aromatic rings. The Labute approximate surface area is 111 Å². The van der Waals surface area contributed by atoms with Gasteiger partial charge in [0.2, 0.25) is 5.91 Å². The summed E-state index contributed by atoms with van der Waals surface area (Å²) in [7, 11) is 0. The number of rotatable bonds is 6. The third-order valence-electron chi connectivity index (χ3n) is 2.62. The maximum Gasteiger partial charge on any atom is 0.230 e. The zero-order valence-corrected chi connectivity index (χ0v) is 11.4. The lowest BCUT2D eigenvalue weighted by Gasteiger charge is -2.21. The van der Waals surface area contributed by atoms with Crippen LogP contribution < -0.4 is 5.32 Å². The monoisotopic (exact) mass is 271 g/mol. The highest BCUT2D eigenvalue weighted by Gasteiger charge is 2.18. The first-order chi connectivity index (χ1) is 8.44. The van der Waals surface area contributed by atoms with Crippen molar-refractivity contribution >= 4 is 17.7 Å². The zero-order valence-electron chi connectivity index (χ0n) is 10.6. The predicted octanol–water partition coefficient (Wildman–Crippen LogP) is 2.20. The van der Waals surface area contributed by atoms with Crippen LogP contribution in [-0.4, -0.2) is 28.9 Å². The molecule has 0 aliphatic carbocycles. The van der Waals surface area contributed by atoms with E-state index in [4.69, 9.17) is 0 Å². The molecule has 0 saturated carbocycles. The quantitative estimate of drug-likeness (QED) is 0.780. The lowest BCUT2D eigenvalue weighted by atomic mass is 10.0. The van der Waals surface area contributed by atoms with E-state index >= 15 is 0 Å². The fourth-order valence-corrected chi connectivity index (χ4v) is 1.94. The van der Waals surface area contributed by atoms with E-state index in [1.807, 2.05) is 6.92 Å². The van der Waals surface area contributed by atoms with Crippen LogP contribution in [0.4, 0.5) is 4.39 Å². The molecule has 3 nitrogen and oxygen atoms in total. The van der Waals surface area contributed by atoms with Crippen LogP contribution >= 0.6 is 11.8 Å². The van der Waals surface area contributed by atoms with Gasteiger partial charge in [0, 0.05) is 11.4 Å². The number of carbonyl (C=O) groups is 1. The van der Waals surface area contributed by atoms with E-state index in [1.165, 1.54) is 6.07 Å². The predicted molar refractivity (Wildman–Crippen MR) is 71.0 cm³/mol. The molecule has 1 amide bonds. The van der Waals surface area contributed by atoms with Gasteiger partial charge in [-0.3, -0.25) is 4.79 Å². The number of halogens is 1. The van der Waals surface area contributed by atoms with Gasteiger partial charge in [0.15, 0.2) is 0 Å². The second-order valence-corrected chi connectivity index (χ2v) is 5.36. The average Bonchev–Trinajstić information content (AvgIpc) is 2.35. The maximum atomic E-state index is 13.3. The zero-order chi connectivity index (χ0) is 13.6. The Morgan fingerprint density at radius 3 is 2.78 bits per heavy atom. The summed E-state index contributed by atoms with van der Waals surface area (Å²) in [5.74, 6) is -0.395. The SMILES string of the molecule is CCC(C)(O)CNC(=O)CSc1ccccc1F. The van der Waals surface area contributed by atoms with Crippen LogP contribution in [0.2, 0.25) is 0 Å². The number of benzene rings is 1. The molecule has 1 atom stereocenters. The van der Waals surface area contributed by atoms with E-state index < -0.39 is 5.60 Å². The fourth-order valence-electron chi connectivity index (χ4n) is 1.17. The lowest BCUT2D eigenvalue weighted by Crippen LogP contribution is -2.40. The first-order valence-corrected chi connectivity index (χ1v) is 6.79. The first-order valence-electron chi connectivity index (χ1n) is 5.81. The van der Waals surface area contributed by atoms with Gasteiger partial charge in [-0.15, -0.1) is 11.8 Å². The topological polar surface area (TPSA) is 49.3 Å². The van der Waals surface area contributed by atoms with Gasteiger partial charge < -0.3 is 10.4 Å². The van der Waals surface area contributed by atoms with Gasteiger partial charge in [-0.2, -0.15) is 0 Å². The number of carbonyl (C=O) groups excluding carboxylic acids is 1. The molecule has 0 spiro atoms. The molecule has 1 aromatic carbocycles. The van der Waals surface area contributed by atoms with E-state index in [0.717, 1.165) is 11.8 Å². The Hall–Kier alpha value is -1.07. The molecule has 0 aliphatic rings. The Balaban J connectivity index is 2.36. The van der Waals surface area contributed by atoms with Crippen molar-refractivity contribution in [3.05, 3.63) is 30.1 Å². The lowest BCUT2D eigenvalue weighted by molar-refractivity contribution is -0.119. The van der Waals surface area contributed by atoms with Crippen LogP contribution in [0.15, 0.2) is 29.2 Å². The van der Waals surface area contributed by atoms with Gasteiger partial charge >= 0.3 is 0 Å². The smallest absolute Gasteiger partial charge is 0.230 e. The molecule has 18 heavy (non-hydrogen) atoms. The summed E-state index contributed by atoms with van der Waals surface area (Å²) < 4.78 is 13.3. The largest absolute Gasteiger partial charge is 0.388 e. The molecule has 0 saturated heterocycles. The fraction of sp³-hybridized carbons (Fsp3) is 0.462. The third-order valence-corrected chi connectivity index (χ3v) is 3.67. The molecule has 0 fully saturated rings.